The fourth-order valence-electron chi connectivity index (χ4n) is 2.50. The quantitative estimate of drug-likeness (QED) is 0.824. The van der Waals surface area contributed by atoms with Crippen LogP contribution >= 0.6 is 11.6 Å². The third kappa shape index (κ3) is 3.30. The molecule has 94 valence electrons. The molecule has 2 rings (SSSR count). The molecule has 1 aliphatic carbocycles. The summed E-state index contributed by atoms with van der Waals surface area (Å²) in [5.74, 6) is 1.46. The topological polar surface area (TPSA) is 37.3 Å². The van der Waals surface area contributed by atoms with E-state index in [2.05, 4.69) is 6.92 Å². The molecule has 1 aliphatic rings. The molecule has 0 radical (unpaired) electrons. The molecule has 0 heterocycles. The van der Waals surface area contributed by atoms with E-state index in [1.165, 1.54) is 18.4 Å². The van der Waals surface area contributed by atoms with E-state index >= 15 is 0 Å². The lowest BCUT2D eigenvalue weighted by molar-refractivity contribution is 0.559. The van der Waals surface area contributed by atoms with Crippen LogP contribution in [0.2, 0.25) is 5.02 Å². The number of hydrogen-bond donors (Lipinski definition) is 1. The molecule has 2 atom stereocenters. The second-order valence-corrected chi connectivity index (χ2v) is 6.03. The Morgan fingerprint density at radius 1 is 1.53 bits per heavy atom. The monoisotopic (exact) mass is 272 g/mol. The predicted molar refractivity (Wildman–Crippen MR) is 71.7 cm³/mol. The van der Waals surface area contributed by atoms with Crippen molar-refractivity contribution in [1.82, 2.24) is 0 Å². The molecule has 0 aliphatic heterocycles. The van der Waals surface area contributed by atoms with Gasteiger partial charge in [-0.2, -0.15) is 0 Å². The Morgan fingerprint density at radius 2 is 2.24 bits per heavy atom. The summed E-state index contributed by atoms with van der Waals surface area (Å²) < 4.78 is 20.1. The van der Waals surface area contributed by atoms with Gasteiger partial charge in [-0.05, 0) is 54.4 Å². The maximum atomic E-state index is 11.0. The highest BCUT2D eigenvalue weighted by molar-refractivity contribution is 7.78. The van der Waals surface area contributed by atoms with Gasteiger partial charge in [-0.25, -0.2) is 4.21 Å². The SMILES string of the molecule is CCC(c1ccc(Cl)cc1CS(=O)O)C1CC1. The van der Waals surface area contributed by atoms with Crippen LogP contribution in [0.25, 0.3) is 0 Å². The van der Waals surface area contributed by atoms with Gasteiger partial charge in [0, 0.05) is 5.02 Å². The summed E-state index contributed by atoms with van der Waals surface area (Å²) >= 11 is 4.16. The zero-order valence-electron chi connectivity index (χ0n) is 9.86. The van der Waals surface area contributed by atoms with E-state index in [0.29, 0.717) is 10.9 Å². The highest BCUT2D eigenvalue weighted by atomic mass is 35.5. The minimum Gasteiger partial charge on any atom is -0.306 e. The van der Waals surface area contributed by atoms with Crippen molar-refractivity contribution in [2.24, 2.45) is 5.92 Å². The fourth-order valence-corrected chi connectivity index (χ4v) is 3.21. The zero-order chi connectivity index (χ0) is 12.4. The van der Waals surface area contributed by atoms with E-state index in [-0.39, 0.29) is 5.75 Å². The Bertz CT molecular complexity index is 429. The lowest BCUT2D eigenvalue weighted by Crippen LogP contribution is -2.06. The molecule has 1 saturated carbocycles. The van der Waals surface area contributed by atoms with Crippen LogP contribution in [0.5, 0.6) is 0 Å². The zero-order valence-corrected chi connectivity index (χ0v) is 11.4. The van der Waals surface area contributed by atoms with Gasteiger partial charge in [-0.1, -0.05) is 24.6 Å². The van der Waals surface area contributed by atoms with Gasteiger partial charge in [0.25, 0.3) is 0 Å². The number of hydrogen-bond acceptors (Lipinski definition) is 1. The summed E-state index contributed by atoms with van der Waals surface area (Å²) in [5, 5.41) is 0.639. The normalized spacial score (nSPS) is 19.0. The minimum absolute atomic E-state index is 0.180. The maximum absolute atomic E-state index is 11.0. The van der Waals surface area contributed by atoms with Crippen LogP contribution in [0.4, 0.5) is 0 Å². The third-order valence-electron chi connectivity index (χ3n) is 3.41. The van der Waals surface area contributed by atoms with Gasteiger partial charge in [-0.15, -0.1) is 0 Å². The summed E-state index contributed by atoms with van der Waals surface area (Å²) in [6.07, 6.45) is 3.64. The van der Waals surface area contributed by atoms with E-state index in [1.54, 1.807) is 0 Å². The van der Waals surface area contributed by atoms with E-state index in [9.17, 15) is 4.21 Å². The largest absolute Gasteiger partial charge is 0.306 e. The molecule has 1 aromatic carbocycles. The van der Waals surface area contributed by atoms with Crippen LogP contribution in [0.3, 0.4) is 0 Å². The molecule has 1 aromatic rings. The molecule has 4 heteroatoms. The smallest absolute Gasteiger partial charge is 0.157 e. The Hall–Kier alpha value is -0.380. The molecule has 17 heavy (non-hydrogen) atoms. The van der Waals surface area contributed by atoms with Crippen molar-refractivity contribution < 1.29 is 8.76 Å². The Morgan fingerprint density at radius 3 is 2.76 bits per heavy atom. The highest BCUT2D eigenvalue weighted by Gasteiger charge is 2.32. The number of benzene rings is 1. The van der Waals surface area contributed by atoms with E-state index in [1.807, 2.05) is 18.2 Å². The van der Waals surface area contributed by atoms with Crippen LogP contribution in [0.15, 0.2) is 18.2 Å². The molecule has 1 N–H and O–H groups in total. The van der Waals surface area contributed by atoms with E-state index in [0.717, 1.165) is 17.9 Å². The Labute approximate surface area is 110 Å². The third-order valence-corrected chi connectivity index (χ3v) is 4.21. The van der Waals surface area contributed by atoms with Crippen molar-refractivity contribution in [3.05, 3.63) is 34.3 Å². The number of rotatable bonds is 5. The average Bonchev–Trinajstić information content (AvgIpc) is 3.05. The molecule has 0 bridgehead atoms. The first-order valence-corrected chi connectivity index (χ1v) is 7.63. The Balaban J connectivity index is 2.33. The average molecular weight is 273 g/mol. The molecule has 0 spiro atoms. The van der Waals surface area contributed by atoms with Crippen LogP contribution in [-0.2, 0) is 16.8 Å². The predicted octanol–water partition coefficient (Wildman–Crippen LogP) is 3.97. The summed E-state index contributed by atoms with van der Waals surface area (Å²) in [4.78, 5) is 0. The lowest BCUT2D eigenvalue weighted by atomic mass is 9.89. The van der Waals surface area contributed by atoms with Gasteiger partial charge in [0.1, 0.15) is 0 Å². The summed E-state index contributed by atoms with van der Waals surface area (Å²) in [6, 6.07) is 5.73. The lowest BCUT2D eigenvalue weighted by Gasteiger charge is -2.18. The standard InChI is InChI=1S/C13H17ClO2S/c1-2-12(9-3-4-9)13-6-5-11(14)7-10(13)8-17(15)16/h5-7,9,12H,2-4,8H2,1H3,(H,15,16). The van der Waals surface area contributed by atoms with Crippen molar-refractivity contribution in [3.63, 3.8) is 0 Å². The van der Waals surface area contributed by atoms with Gasteiger partial charge in [0.05, 0.1) is 5.75 Å². The second kappa shape index (κ2) is 5.51. The van der Waals surface area contributed by atoms with E-state index < -0.39 is 11.1 Å². The van der Waals surface area contributed by atoms with Crippen molar-refractivity contribution in [3.8, 4) is 0 Å². The van der Waals surface area contributed by atoms with Gasteiger partial charge in [0.2, 0.25) is 0 Å². The molecular weight excluding hydrogens is 256 g/mol. The highest BCUT2D eigenvalue weighted by Crippen LogP contribution is 2.45. The first-order chi connectivity index (χ1) is 8.11. The molecule has 1 fully saturated rings. The van der Waals surface area contributed by atoms with Crippen molar-refractivity contribution >= 4 is 22.7 Å². The van der Waals surface area contributed by atoms with Gasteiger partial charge < -0.3 is 4.55 Å². The first kappa shape index (κ1) is 13.1. The van der Waals surface area contributed by atoms with Crippen molar-refractivity contribution in [2.75, 3.05) is 0 Å². The van der Waals surface area contributed by atoms with E-state index in [4.69, 9.17) is 16.2 Å². The fraction of sp³-hybridized carbons (Fsp3) is 0.538. The van der Waals surface area contributed by atoms with Gasteiger partial charge in [0.15, 0.2) is 11.1 Å². The Kier molecular flexibility index (Phi) is 4.23. The molecule has 2 nitrogen and oxygen atoms in total. The van der Waals surface area contributed by atoms with Crippen molar-refractivity contribution in [2.45, 2.75) is 37.9 Å². The second-order valence-electron chi connectivity index (χ2n) is 4.66. The van der Waals surface area contributed by atoms with Crippen LogP contribution in [-0.4, -0.2) is 8.76 Å². The summed E-state index contributed by atoms with van der Waals surface area (Å²) in [5.41, 5.74) is 2.14. The van der Waals surface area contributed by atoms with Crippen LogP contribution in [0.1, 0.15) is 43.2 Å². The van der Waals surface area contributed by atoms with Crippen LogP contribution < -0.4 is 0 Å². The van der Waals surface area contributed by atoms with Crippen LogP contribution in [0, 0.1) is 5.92 Å². The summed E-state index contributed by atoms with van der Waals surface area (Å²) in [7, 11) is 0. The summed E-state index contributed by atoms with van der Waals surface area (Å²) in [6.45, 7) is 2.18. The first-order valence-electron chi connectivity index (χ1n) is 5.97. The van der Waals surface area contributed by atoms with Gasteiger partial charge in [-0.3, -0.25) is 0 Å². The molecule has 0 aromatic heterocycles. The van der Waals surface area contributed by atoms with Gasteiger partial charge >= 0.3 is 0 Å². The molecule has 0 saturated heterocycles. The van der Waals surface area contributed by atoms with Crippen molar-refractivity contribution in [1.29, 1.82) is 0 Å². The molecule has 2 unspecified atom stereocenters. The minimum atomic E-state index is -1.81. The number of halogens is 1. The molecule has 0 amide bonds. The molecular formula is C13H17ClO2S. The maximum Gasteiger partial charge on any atom is 0.157 e.